The summed E-state index contributed by atoms with van der Waals surface area (Å²) in [6.07, 6.45) is 1.81. The van der Waals surface area contributed by atoms with Crippen LogP contribution in [0.2, 0.25) is 0 Å². The number of fused-ring (bicyclic) bond motifs is 1. The molecular weight excluding hydrogens is 253 g/mol. The van der Waals surface area contributed by atoms with Crippen LogP contribution >= 0.6 is 22.6 Å². The molecule has 0 aliphatic heterocycles. The van der Waals surface area contributed by atoms with E-state index in [4.69, 9.17) is 0 Å². The van der Waals surface area contributed by atoms with E-state index in [9.17, 15) is 0 Å². The molecule has 0 atom stereocenters. The number of aryl methyl sites for hydroxylation is 1. The summed E-state index contributed by atoms with van der Waals surface area (Å²) in [6, 6.07) is 2.07. The Kier molecular flexibility index (Phi) is 1.56. The van der Waals surface area contributed by atoms with Gasteiger partial charge in [0.1, 0.15) is 0 Å². The number of halogens is 1. The second-order valence-electron chi connectivity index (χ2n) is 2.37. The quantitative estimate of drug-likeness (QED) is 0.734. The molecule has 0 aliphatic carbocycles. The Hall–Kier alpha value is -0.650. The van der Waals surface area contributed by atoms with E-state index in [-0.39, 0.29) is 0 Å². The average Bonchev–Trinajstić information content (AvgIpc) is 2.33. The van der Waals surface area contributed by atoms with Gasteiger partial charge in [-0.25, -0.2) is 4.98 Å². The van der Waals surface area contributed by atoms with Gasteiger partial charge < -0.3 is 0 Å². The zero-order valence-corrected chi connectivity index (χ0v) is 8.08. The predicted octanol–water partition coefficient (Wildman–Crippen LogP) is 1.87. The maximum atomic E-state index is 4.15. The van der Waals surface area contributed by atoms with E-state index in [1.807, 2.05) is 13.1 Å². The fraction of sp³-hybridized carbons (Fsp3) is 0.143. The highest BCUT2D eigenvalue weighted by atomic mass is 127. The smallest absolute Gasteiger partial charge is 0.181 e. The number of rotatable bonds is 0. The molecule has 4 heteroatoms. The number of nitrogens with one attached hydrogen (secondary N) is 1. The van der Waals surface area contributed by atoms with Crippen LogP contribution in [-0.4, -0.2) is 15.2 Å². The molecule has 0 aliphatic rings. The van der Waals surface area contributed by atoms with Crippen molar-refractivity contribution in [3.05, 3.63) is 21.5 Å². The Balaban J connectivity index is 2.87. The lowest BCUT2D eigenvalue weighted by Crippen LogP contribution is -1.77. The van der Waals surface area contributed by atoms with Crippen molar-refractivity contribution < 1.29 is 0 Å². The lowest BCUT2D eigenvalue weighted by Gasteiger charge is -1.88. The Bertz CT molecular complexity index is 393. The molecule has 0 aromatic carbocycles. The van der Waals surface area contributed by atoms with Crippen LogP contribution in [0.5, 0.6) is 0 Å². The highest BCUT2D eigenvalue weighted by molar-refractivity contribution is 14.1. The first-order chi connectivity index (χ1) is 5.27. The van der Waals surface area contributed by atoms with Gasteiger partial charge in [-0.15, -0.1) is 0 Å². The first-order valence-electron chi connectivity index (χ1n) is 3.23. The van der Waals surface area contributed by atoms with Crippen molar-refractivity contribution in [2.45, 2.75) is 6.92 Å². The predicted molar refractivity (Wildman–Crippen MR) is 51.3 cm³/mol. The molecule has 2 aromatic rings. The van der Waals surface area contributed by atoms with E-state index in [0.717, 1.165) is 20.3 Å². The number of aromatic nitrogens is 3. The molecular formula is C7H6IN3. The van der Waals surface area contributed by atoms with Crippen molar-refractivity contribution >= 4 is 33.6 Å². The van der Waals surface area contributed by atoms with Crippen molar-refractivity contribution in [3.8, 4) is 0 Å². The van der Waals surface area contributed by atoms with Gasteiger partial charge in [0.25, 0.3) is 0 Å². The first-order valence-corrected chi connectivity index (χ1v) is 4.31. The Labute approximate surface area is 77.4 Å². The van der Waals surface area contributed by atoms with Crippen molar-refractivity contribution in [1.29, 1.82) is 0 Å². The minimum absolute atomic E-state index is 0.794. The number of pyridine rings is 1. The molecule has 2 rings (SSSR count). The van der Waals surface area contributed by atoms with Gasteiger partial charge in [0.2, 0.25) is 0 Å². The van der Waals surface area contributed by atoms with Gasteiger partial charge in [-0.1, -0.05) is 0 Å². The van der Waals surface area contributed by atoms with E-state index in [0.29, 0.717) is 0 Å². The monoisotopic (exact) mass is 259 g/mol. The zero-order chi connectivity index (χ0) is 7.84. The molecule has 0 fully saturated rings. The van der Waals surface area contributed by atoms with Gasteiger partial charge in [-0.05, 0) is 35.6 Å². The number of hydrogen-bond donors (Lipinski definition) is 1. The minimum atomic E-state index is 0.794. The summed E-state index contributed by atoms with van der Waals surface area (Å²) in [5, 5.41) is 8.02. The molecule has 2 aromatic heterocycles. The standard InChI is InChI=1S/C7H6IN3/c1-4-6-2-5(8)3-9-7(6)11-10-4/h2-3H,1H3,(H,9,10,11). The summed E-state index contributed by atoms with van der Waals surface area (Å²) in [6.45, 7) is 1.99. The van der Waals surface area contributed by atoms with Gasteiger partial charge in [-0.3, -0.25) is 5.10 Å². The summed E-state index contributed by atoms with van der Waals surface area (Å²) in [5.41, 5.74) is 1.87. The second-order valence-corrected chi connectivity index (χ2v) is 3.62. The third-order valence-electron chi connectivity index (χ3n) is 1.57. The first kappa shape index (κ1) is 7.02. The lowest BCUT2D eigenvalue weighted by atomic mass is 10.3. The molecule has 0 saturated carbocycles. The summed E-state index contributed by atoms with van der Waals surface area (Å²) in [5.74, 6) is 0. The maximum Gasteiger partial charge on any atom is 0.181 e. The number of aromatic amines is 1. The molecule has 0 radical (unpaired) electrons. The molecule has 1 N–H and O–H groups in total. The fourth-order valence-electron chi connectivity index (χ4n) is 0.994. The molecule has 0 spiro atoms. The summed E-state index contributed by atoms with van der Waals surface area (Å²) in [4.78, 5) is 4.15. The number of nitrogens with zero attached hydrogens (tertiary/aromatic N) is 2. The van der Waals surface area contributed by atoms with Crippen molar-refractivity contribution in [3.63, 3.8) is 0 Å². The normalized spacial score (nSPS) is 10.7. The Morgan fingerprint density at radius 2 is 2.36 bits per heavy atom. The van der Waals surface area contributed by atoms with Crippen LogP contribution in [0.25, 0.3) is 11.0 Å². The average molecular weight is 259 g/mol. The molecule has 56 valence electrons. The second kappa shape index (κ2) is 2.44. The molecule has 2 heterocycles. The third kappa shape index (κ3) is 1.11. The largest absolute Gasteiger partial charge is 0.280 e. The van der Waals surface area contributed by atoms with Crippen LogP contribution < -0.4 is 0 Å². The van der Waals surface area contributed by atoms with Crippen LogP contribution in [0, 0.1) is 10.5 Å². The van der Waals surface area contributed by atoms with E-state index >= 15 is 0 Å². The van der Waals surface area contributed by atoms with Gasteiger partial charge in [0, 0.05) is 20.8 Å². The molecule has 0 bridgehead atoms. The Morgan fingerprint density at radius 3 is 3.18 bits per heavy atom. The molecule has 0 amide bonds. The molecule has 0 saturated heterocycles. The molecule has 0 unspecified atom stereocenters. The van der Waals surface area contributed by atoms with E-state index in [1.165, 1.54) is 0 Å². The molecule has 3 nitrogen and oxygen atoms in total. The summed E-state index contributed by atoms with van der Waals surface area (Å²) >= 11 is 2.24. The van der Waals surface area contributed by atoms with E-state index in [2.05, 4.69) is 43.8 Å². The van der Waals surface area contributed by atoms with E-state index < -0.39 is 0 Å². The molecule has 11 heavy (non-hydrogen) atoms. The van der Waals surface area contributed by atoms with Crippen molar-refractivity contribution in [1.82, 2.24) is 15.2 Å². The fourth-order valence-corrected chi connectivity index (χ4v) is 1.44. The highest BCUT2D eigenvalue weighted by Gasteiger charge is 2.01. The van der Waals surface area contributed by atoms with Crippen LogP contribution in [0.1, 0.15) is 5.69 Å². The lowest BCUT2D eigenvalue weighted by molar-refractivity contribution is 1.05. The Morgan fingerprint density at radius 1 is 1.55 bits per heavy atom. The van der Waals surface area contributed by atoms with Gasteiger partial charge in [-0.2, -0.15) is 5.10 Å². The van der Waals surface area contributed by atoms with Crippen LogP contribution in [0.4, 0.5) is 0 Å². The van der Waals surface area contributed by atoms with E-state index in [1.54, 1.807) is 0 Å². The van der Waals surface area contributed by atoms with Crippen molar-refractivity contribution in [2.24, 2.45) is 0 Å². The zero-order valence-electron chi connectivity index (χ0n) is 5.93. The van der Waals surface area contributed by atoms with Crippen LogP contribution in [0.15, 0.2) is 12.3 Å². The number of hydrogen-bond acceptors (Lipinski definition) is 2. The topological polar surface area (TPSA) is 41.6 Å². The van der Waals surface area contributed by atoms with Crippen LogP contribution in [0.3, 0.4) is 0 Å². The minimum Gasteiger partial charge on any atom is -0.280 e. The van der Waals surface area contributed by atoms with Crippen LogP contribution in [-0.2, 0) is 0 Å². The van der Waals surface area contributed by atoms with Gasteiger partial charge in [0.05, 0.1) is 0 Å². The highest BCUT2D eigenvalue weighted by Crippen LogP contribution is 2.14. The summed E-state index contributed by atoms with van der Waals surface area (Å²) < 4.78 is 1.14. The van der Waals surface area contributed by atoms with Crippen molar-refractivity contribution in [2.75, 3.05) is 0 Å². The van der Waals surface area contributed by atoms with Gasteiger partial charge >= 0.3 is 0 Å². The van der Waals surface area contributed by atoms with Gasteiger partial charge in [0.15, 0.2) is 5.65 Å². The summed E-state index contributed by atoms with van der Waals surface area (Å²) in [7, 11) is 0. The number of H-pyrrole nitrogens is 1. The SMILES string of the molecule is Cc1[nH]nc2ncc(I)cc12. The maximum absolute atomic E-state index is 4.15. The third-order valence-corrected chi connectivity index (χ3v) is 2.16.